The molecule has 0 amide bonds. The molecular weight excluding hydrogens is 226 g/mol. The van der Waals surface area contributed by atoms with Crippen LogP contribution in [0.2, 0.25) is 0 Å². The van der Waals surface area contributed by atoms with Crippen LogP contribution in [0.4, 0.5) is 5.82 Å². The number of nitrogen functional groups attached to an aromatic ring is 1. The summed E-state index contributed by atoms with van der Waals surface area (Å²) in [6, 6.07) is 3.93. The molecule has 18 heavy (non-hydrogen) atoms. The summed E-state index contributed by atoms with van der Waals surface area (Å²) in [7, 11) is 0. The second-order valence-corrected chi connectivity index (χ2v) is 4.09. The van der Waals surface area contributed by atoms with Gasteiger partial charge in [-0.05, 0) is 31.0 Å². The number of pyridine rings is 1. The van der Waals surface area contributed by atoms with E-state index in [4.69, 9.17) is 5.84 Å². The molecule has 0 aliphatic carbocycles. The van der Waals surface area contributed by atoms with Gasteiger partial charge in [0.25, 0.3) is 0 Å². The van der Waals surface area contributed by atoms with Crippen LogP contribution in [0.3, 0.4) is 0 Å². The Morgan fingerprint density at radius 2 is 1.94 bits per heavy atom. The molecule has 0 aliphatic heterocycles. The van der Waals surface area contributed by atoms with Gasteiger partial charge in [-0.1, -0.05) is 6.92 Å². The second-order valence-electron chi connectivity index (χ2n) is 4.09. The van der Waals surface area contributed by atoms with Crippen LogP contribution < -0.4 is 11.3 Å². The largest absolute Gasteiger partial charge is 0.308 e. The van der Waals surface area contributed by atoms with Gasteiger partial charge in [0.1, 0.15) is 11.6 Å². The first-order chi connectivity index (χ1) is 8.74. The highest BCUT2D eigenvalue weighted by molar-refractivity contribution is 5.45. The fraction of sp³-hybridized carbons (Fsp3) is 0.308. The normalized spacial score (nSPS) is 10.4. The van der Waals surface area contributed by atoms with Gasteiger partial charge >= 0.3 is 0 Å². The number of hydrogen-bond donors (Lipinski definition) is 2. The zero-order valence-corrected chi connectivity index (χ0v) is 10.6. The third-order valence-electron chi connectivity index (χ3n) is 2.88. The number of nitrogens with zero attached hydrogens (tertiary/aromatic N) is 3. The molecule has 0 aliphatic rings. The highest BCUT2D eigenvalue weighted by atomic mass is 15.3. The Hall–Kier alpha value is -2.01. The minimum absolute atomic E-state index is 0.685. The van der Waals surface area contributed by atoms with E-state index in [1.807, 2.05) is 19.1 Å². The Morgan fingerprint density at radius 1 is 1.22 bits per heavy atom. The summed E-state index contributed by atoms with van der Waals surface area (Å²) < 4.78 is 0. The van der Waals surface area contributed by atoms with Crippen molar-refractivity contribution in [3.8, 4) is 0 Å². The lowest BCUT2D eigenvalue weighted by Crippen LogP contribution is -2.14. The number of aryl methyl sites for hydroxylation is 1. The Morgan fingerprint density at radius 3 is 2.56 bits per heavy atom. The fourth-order valence-electron chi connectivity index (χ4n) is 1.86. The molecule has 5 heteroatoms. The maximum absolute atomic E-state index is 5.49. The summed E-state index contributed by atoms with van der Waals surface area (Å²) >= 11 is 0. The third kappa shape index (κ3) is 2.62. The number of anilines is 1. The van der Waals surface area contributed by atoms with Gasteiger partial charge in [-0.25, -0.2) is 15.8 Å². The smallest absolute Gasteiger partial charge is 0.146 e. The standard InChI is InChI=1S/C13H17N5/c1-3-11-9(2)13(18-14)17-12(16-11)8-10-4-6-15-7-5-10/h4-7H,3,8,14H2,1-2H3,(H,16,17,18). The summed E-state index contributed by atoms with van der Waals surface area (Å²) in [4.78, 5) is 13.0. The van der Waals surface area contributed by atoms with Gasteiger partial charge in [0, 0.05) is 30.1 Å². The van der Waals surface area contributed by atoms with E-state index in [2.05, 4.69) is 27.3 Å². The summed E-state index contributed by atoms with van der Waals surface area (Å²) in [5.74, 6) is 6.96. The minimum atomic E-state index is 0.685. The molecule has 0 saturated carbocycles. The van der Waals surface area contributed by atoms with Crippen molar-refractivity contribution in [2.75, 3.05) is 5.43 Å². The van der Waals surface area contributed by atoms with Crippen molar-refractivity contribution in [1.29, 1.82) is 0 Å². The molecule has 0 bridgehead atoms. The molecule has 5 nitrogen and oxygen atoms in total. The Labute approximate surface area is 106 Å². The molecule has 2 aromatic rings. The van der Waals surface area contributed by atoms with Crippen LogP contribution in [-0.2, 0) is 12.8 Å². The molecular formula is C13H17N5. The molecule has 94 valence electrons. The first-order valence-electron chi connectivity index (χ1n) is 5.96. The molecule has 2 heterocycles. The molecule has 0 radical (unpaired) electrons. The first-order valence-corrected chi connectivity index (χ1v) is 5.96. The minimum Gasteiger partial charge on any atom is -0.308 e. The fourth-order valence-corrected chi connectivity index (χ4v) is 1.86. The number of nitrogens with one attached hydrogen (secondary N) is 1. The Kier molecular flexibility index (Phi) is 3.84. The molecule has 0 saturated heterocycles. The molecule has 0 atom stereocenters. The number of rotatable bonds is 4. The molecule has 0 unspecified atom stereocenters. The van der Waals surface area contributed by atoms with Crippen LogP contribution in [0.1, 0.15) is 29.6 Å². The van der Waals surface area contributed by atoms with Gasteiger partial charge in [0.05, 0.1) is 0 Å². The zero-order chi connectivity index (χ0) is 13.0. The van der Waals surface area contributed by atoms with Crippen LogP contribution in [0.5, 0.6) is 0 Å². The lowest BCUT2D eigenvalue weighted by molar-refractivity contribution is 0.887. The highest BCUT2D eigenvalue weighted by Gasteiger charge is 2.09. The average Bonchev–Trinajstić information content (AvgIpc) is 2.41. The van der Waals surface area contributed by atoms with Crippen LogP contribution in [0.25, 0.3) is 0 Å². The predicted octanol–water partition coefficient (Wildman–Crippen LogP) is 1.62. The van der Waals surface area contributed by atoms with Gasteiger partial charge in [-0.2, -0.15) is 0 Å². The maximum Gasteiger partial charge on any atom is 0.146 e. The lowest BCUT2D eigenvalue weighted by atomic mass is 10.1. The number of hydrogen-bond acceptors (Lipinski definition) is 5. The molecule has 0 fully saturated rings. The monoisotopic (exact) mass is 243 g/mol. The topological polar surface area (TPSA) is 76.7 Å². The first kappa shape index (κ1) is 12.4. The lowest BCUT2D eigenvalue weighted by Gasteiger charge is -2.10. The van der Waals surface area contributed by atoms with Crippen molar-refractivity contribution in [2.45, 2.75) is 26.7 Å². The van der Waals surface area contributed by atoms with Crippen molar-refractivity contribution in [3.63, 3.8) is 0 Å². The summed E-state index contributed by atoms with van der Waals surface area (Å²) in [6.07, 6.45) is 5.09. The van der Waals surface area contributed by atoms with Crippen LogP contribution in [-0.4, -0.2) is 15.0 Å². The average molecular weight is 243 g/mol. The van der Waals surface area contributed by atoms with E-state index in [1.165, 1.54) is 0 Å². The van der Waals surface area contributed by atoms with Crippen LogP contribution in [0.15, 0.2) is 24.5 Å². The van der Waals surface area contributed by atoms with E-state index in [0.29, 0.717) is 12.2 Å². The Bertz CT molecular complexity index is 499. The number of hydrazine groups is 1. The van der Waals surface area contributed by atoms with Crippen LogP contribution >= 0.6 is 0 Å². The maximum atomic E-state index is 5.49. The Balaban J connectivity index is 2.34. The number of nitrogens with two attached hydrogens (primary N) is 1. The van der Waals surface area contributed by atoms with Crippen molar-refractivity contribution < 1.29 is 0 Å². The van der Waals surface area contributed by atoms with E-state index in [9.17, 15) is 0 Å². The van der Waals surface area contributed by atoms with Gasteiger partial charge < -0.3 is 5.43 Å². The molecule has 2 rings (SSSR count). The molecule has 3 N–H and O–H groups in total. The van der Waals surface area contributed by atoms with Gasteiger partial charge in [-0.3, -0.25) is 4.98 Å². The van der Waals surface area contributed by atoms with E-state index in [1.54, 1.807) is 12.4 Å². The van der Waals surface area contributed by atoms with Crippen molar-refractivity contribution in [1.82, 2.24) is 15.0 Å². The number of aromatic nitrogens is 3. The second kappa shape index (κ2) is 5.55. The van der Waals surface area contributed by atoms with Gasteiger partial charge in [-0.15, -0.1) is 0 Å². The van der Waals surface area contributed by atoms with Crippen LogP contribution in [0, 0.1) is 6.92 Å². The van der Waals surface area contributed by atoms with Crippen molar-refractivity contribution in [2.24, 2.45) is 5.84 Å². The van der Waals surface area contributed by atoms with Gasteiger partial charge in [0.2, 0.25) is 0 Å². The van der Waals surface area contributed by atoms with Crippen molar-refractivity contribution in [3.05, 3.63) is 47.2 Å². The summed E-state index contributed by atoms with van der Waals surface area (Å²) in [6.45, 7) is 4.05. The molecule has 0 aromatic carbocycles. The van der Waals surface area contributed by atoms with E-state index in [0.717, 1.165) is 29.1 Å². The summed E-state index contributed by atoms with van der Waals surface area (Å²) in [5.41, 5.74) is 5.81. The SMILES string of the molecule is CCc1nc(Cc2ccncc2)nc(NN)c1C. The summed E-state index contributed by atoms with van der Waals surface area (Å²) in [5, 5.41) is 0. The van der Waals surface area contributed by atoms with E-state index < -0.39 is 0 Å². The predicted molar refractivity (Wildman–Crippen MR) is 71.0 cm³/mol. The molecule has 2 aromatic heterocycles. The van der Waals surface area contributed by atoms with E-state index >= 15 is 0 Å². The van der Waals surface area contributed by atoms with E-state index in [-0.39, 0.29) is 0 Å². The zero-order valence-electron chi connectivity index (χ0n) is 10.6. The quantitative estimate of drug-likeness (QED) is 0.630. The highest BCUT2D eigenvalue weighted by Crippen LogP contribution is 2.16. The van der Waals surface area contributed by atoms with Crippen molar-refractivity contribution >= 4 is 5.82 Å². The van der Waals surface area contributed by atoms with Gasteiger partial charge in [0.15, 0.2) is 0 Å². The third-order valence-corrected chi connectivity index (χ3v) is 2.88. The molecule has 0 spiro atoms.